The van der Waals surface area contributed by atoms with Crippen molar-refractivity contribution in [2.75, 3.05) is 0 Å². The molecular weight excluding hydrogens is 230 g/mol. The van der Waals surface area contributed by atoms with Gasteiger partial charge in [-0.3, -0.25) is 4.99 Å². The van der Waals surface area contributed by atoms with Crippen molar-refractivity contribution in [3.05, 3.63) is 71.3 Å². The molecule has 0 fully saturated rings. The van der Waals surface area contributed by atoms with E-state index in [0.717, 1.165) is 11.3 Å². The van der Waals surface area contributed by atoms with Gasteiger partial charge in [-0.05, 0) is 29.8 Å². The Morgan fingerprint density at radius 1 is 0.941 bits per heavy atom. The molecule has 1 nitrogen and oxygen atoms in total. The Kier molecular flexibility index (Phi) is 4.11. The first-order valence-electron chi connectivity index (χ1n) is 5.36. The van der Waals surface area contributed by atoms with E-state index in [9.17, 15) is 0 Å². The standard InChI is InChI=1S/C15H12ClN/c16-14-9-4-10-15(12-14)17-11-5-8-13-6-2-1-3-7-13/h1-12H/b8-5+,17-11?. The minimum absolute atomic E-state index is 0.701. The fourth-order valence-electron chi connectivity index (χ4n) is 1.40. The van der Waals surface area contributed by atoms with Crippen LogP contribution in [0, 0.1) is 0 Å². The molecule has 0 saturated heterocycles. The number of aliphatic imine (C=N–C) groups is 1. The van der Waals surface area contributed by atoms with E-state index in [0.29, 0.717) is 5.02 Å². The Bertz CT molecular complexity index is 530. The Labute approximate surface area is 106 Å². The van der Waals surface area contributed by atoms with Crippen LogP contribution in [0.15, 0.2) is 65.7 Å². The molecule has 0 N–H and O–H groups in total. The molecule has 2 rings (SSSR count). The first-order chi connectivity index (χ1) is 8.34. The van der Waals surface area contributed by atoms with Gasteiger partial charge in [0.1, 0.15) is 0 Å². The maximum atomic E-state index is 5.86. The summed E-state index contributed by atoms with van der Waals surface area (Å²) in [6.45, 7) is 0. The first kappa shape index (κ1) is 11.6. The molecule has 0 aromatic heterocycles. The quantitative estimate of drug-likeness (QED) is 0.688. The van der Waals surface area contributed by atoms with Gasteiger partial charge in [-0.25, -0.2) is 0 Å². The highest BCUT2D eigenvalue weighted by Crippen LogP contribution is 2.17. The summed E-state index contributed by atoms with van der Waals surface area (Å²) in [5.41, 5.74) is 2.01. The third-order valence-electron chi connectivity index (χ3n) is 2.21. The second kappa shape index (κ2) is 6.02. The molecule has 0 saturated carbocycles. The molecule has 0 unspecified atom stereocenters. The first-order valence-corrected chi connectivity index (χ1v) is 5.74. The van der Waals surface area contributed by atoms with Crippen LogP contribution in [0.25, 0.3) is 6.08 Å². The zero-order valence-corrected chi connectivity index (χ0v) is 10.0. The predicted molar refractivity (Wildman–Crippen MR) is 75.1 cm³/mol. The Balaban J connectivity index is 2.01. The molecule has 84 valence electrons. The van der Waals surface area contributed by atoms with Gasteiger partial charge in [0.25, 0.3) is 0 Å². The van der Waals surface area contributed by atoms with Gasteiger partial charge in [-0.15, -0.1) is 0 Å². The largest absolute Gasteiger partial charge is 0.257 e. The number of hydrogen-bond acceptors (Lipinski definition) is 1. The van der Waals surface area contributed by atoms with Crippen molar-refractivity contribution >= 4 is 29.6 Å². The monoisotopic (exact) mass is 241 g/mol. The normalized spacial score (nSPS) is 11.4. The number of allylic oxidation sites excluding steroid dienone is 1. The molecule has 0 aliphatic carbocycles. The van der Waals surface area contributed by atoms with Crippen LogP contribution < -0.4 is 0 Å². The fraction of sp³-hybridized carbons (Fsp3) is 0. The molecule has 0 heterocycles. The highest BCUT2D eigenvalue weighted by molar-refractivity contribution is 6.30. The third-order valence-corrected chi connectivity index (χ3v) is 2.44. The maximum Gasteiger partial charge on any atom is 0.0644 e. The Hall–Kier alpha value is -1.86. The number of benzene rings is 2. The molecule has 2 aromatic rings. The van der Waals surface area contributed by atoms with Crippen molar-refractivity contribution in [2.45, 2.75) is 0 Å². The zero-order valence-electron chi connectivity index (χ0n) is 9.25. The van der Waals surface area contributed by atoms with Crippen molar-refractivity contribution in [3.63, 3.8) is 0 Å². The van der Waals surface area contributed by atoms with E-state index < -0.39 is 0 Å². The van der Waals surface area contributed by atoms with Crippen LogP contribution in [0.4, 0.5) is 5.69 Å². The molecule has 0 amide bonds. The minimum Gasteiger partial charge on any atom is -0.257 e. The second-order valence-corrected chi connectivity index (χ2v) is 3.96. The number of nitrogens with zero attached hydrogens (tertiary/aromatic N) is 1. The van der Waals surface area contributed by atoms with Gasteiger partial charge in [-0.1, -0.05) is 54.1 Å². The van der Waals surface area contributed by atoms with Crippen LogP contribution >= 0.6 is 11.6 Å². The number of hydrogen-bond donors (Lipinski definition) is 0. The van der Waals surface area contributed by atoms with E-state index in [-0.39, 0.29) is 0 Å². The number of rotatable bonds is 3. The van der Waals surface area contributed by atoms with Crippen LogP contribution in [0.3, 0.4) is 0 Å². The number of halogens is 1. The fourth-order valence-corrected chi connectivity index (χ4v) is 1.59. The summed E-state index contributed by atoms with van der Waals surface area (Å²) in [5, 5.41) is 0.701. The molecule has 2 aromatic carbocycles. The molecule has 2 heteroatoms. The molecular formula is C15H12ClN. The summed E-state index contributed by atoms with van der Waals surface area (Å²) in [4.78, 5) is 4.29. The molecule has 0 aliphatic heterocycles. The predicted octanol–water partition coefficient (Wildman–Crippen LogP) is 4.76. The van der Waals surface area contributed by atoms with E-state index in [1.54, 1.807) is 6.21 Å². The summed E-state index contributed by atoms with van der Waals surface area (Å²) in [6.07, 6.45) is 5.68. The van der Waals surface area contributed by atoms with E-state index in [1.165, 1.54) is 0 Å². The lowest BCUT2D eigenvalue weighted by molar-refractivity contribution is 1.54. The van der Waals surface area contributed by atoms with Crippen molar-refractivity contribution in [3.8, 4) is 0 Å². The van der Waals surface area contributed by atoms with Crippen LogP contribution in [-0.4, -0.2) is 6.21 Å². The van der Waals surface area contributed by atoms with Crippen molar-refractivity contribution < 1.29 is 0 Å². The summed E-state index contributed by atoms with van der Waals surface area (Å²) < 4.78 is 0. The average molecular weight is 242 g/mol. The molecule has 0 bridgehead atoms. The summed E-state index contributed by atoms with van der Waals surface area (Å²) in [5.74, 6) is 0. The summed E-state index contributed by atoms with van der Waals surface area (Å²) in [7, 11) is 0. The molecule has 0 radical (unpaired) electrons. The highest BCUT2D eigenvalue weighted by Gasteiger charge is 1.88. The molecule has 0 atom stereocenters. The van der Waals surface area contributed by atoms with Gasteiger partial charge in [0.15, 0.2) is 0 Å². The van der Waals surface area contributed by atoms with E-state index in [1.807, 2.05) is 66.7 Å². The summed E-state index contributed by atoms with van der Waals surface area (Å²) >= 11 is 5.86. The highest BCUT2D eigenvalue weighted by atomic mass is 35.5. The van der Waals surface area contributed by atoms with E-state index in [2.05, 4.69) is 4.99 Å². The lowest BCUT2D eigenvalue weighted by atomic mass is 10.2. The van der Waals surface area contributed by atoms with Crippen LogP contribution in [-0.2, 0) is 0 Å². The Morgan fingerprint density at radius 2 is 1.76 bits per heavy atom. The summed E-state index contributed by atoms with van der Waals surface area (Å²) in [6, 6.07) is 17.6. The van der Waals surface area contributed by atoms with Crippen molar-refractivity contribution in [1.82, 2.24) is 0 Å². The molecule has 0 spiro atoms. The lowest BCUT2D eigenvalue weighted by Gasteiger charge is -1.92. The Morgan fingerprint density at radius 3 is 2.53 bits per heavy atom. The van der Waals surface area contributed by atoms with Crippen LogP contribution in [0.5, 0.6) is 0 Å². The topological polar surface area (TPSA) is 12.4 Å². The smallest absolute Gasteiger partial charge is 0.0644 e. The van der Waals surface area contributed by atoms with Crippen molar-refractivity contribution in [1.29, 1.82) is 0 Å². The van der Waals surface area contributed by atoms with Gasteiger partial charge in [0, 0.05) is 11.2 Å². The molecule has 0 aliphatic rings. The minimum atomic E-state index is 0.701. The van der Waals surface area contributed by atoms with Gasteiger partial charge in [0.05, 0.1) is 5.69 Å². The van der Waals surface area contributed by atoms with Crippen LogP contribution in [0.2, 0.25) is 5.02 Å². The van der Waals surface area contributed by atoms with Gasteiger partial charge in [0.2, 0.25) is 0 Å². The van der Waals surface area contributed by atoms with Crippen molar-refractivity contribution in [2.24, 2.45) is 4.99 Å². The van der Waals surface area contributed by atoms with Gasteiger partial charge < -0.3 is 0 Å². The molecule has 17 heavy (non-hydrogen) atoms. The van der Waals surface area contributed by atoms with E-state index in [4.69, 9.17) is 11.6 Å². The zero-order chi connectivity index (χ0) is 11.9. The van der Waals surface area contributed by atoms with Gasteiger partial charge in [-0.2, -0.15) is 0 Å². The lowest BCUT2D eigenvalue weighted by Crippen LogP contribution is -1.70. The average Bonchev–Trinajstić information content (AvgIpc) is 2.36. The second-order valence-electron chi connectivity index (χ2n) is 3.53. The third kappa shape index (κ3) is 3.89. The van der Waals surface area contributed by atoms with Gasteiger partial charge >= 0.3 is 0 Å². The SMILES string of the molecule is Clc1cccc(N=C/C=C/c2ccccc2)c1. The maximum absolute atomic E-state index is 5.86. The van der Waals surface area contributed by atoms with E-state index >= 15 is 0 Å². The van der Waals surface area contributed by atoms with Crippen LogP contribution in [0.1, 0.15) is 5.56 Å².